The molecular formula is C58H62O13. The highest BCUT2D eigenvalue weighted by Gasteiger charge is 2.54. The summed E-state index contributed by atoms with van der Waals surface area (Å²) in [6, 6.07) is 58.6. The van der Waals surface area contributed by atoms with Gasteiger partial charge in [-0.15, -0.1) is 0 Å². The summed E-state index contributed by atoms with van der Waals surface area (Å²) in [6.07, 6.45) is -9.82. The molecular weight excluding hydrogens is 905 g/mol. The molecule has 6 aromatic carbocycles. The molecule has 0 spiro atoms. The molecule has 0 amide bonds. The van der Waals surface area contributed by atoms with Crippen molar-refractivity contribution in [2.75, 3.05) is 13.2 Å². The van der Waals surface area contributed by atoms with E-state index in [1.807, 2.05) is 182 Å². The van der Waals surface area contributed by atoms with Gasteiger partial charge in [-0.3, -0.25) is 9.59 Å². The molecule has 10 atom stereocenters. The summed E-state index contributed by atoms with van der Waals surface area (Å²) < 4.78 is 73.6. The minimum atomic E-state index is -1.27. The maximum Gasteiger partial charge on any atom is 0.302 e. The van der Waals surface area contributed by atoms with Gasteiger partial charge in [-0.2, -0.15) is 0 Å². The number of carbonyl (C=O) groups excluding carboxylic acids is 2. The van der Waals surface area contributed by atoms with Gasteiger partial charge in [0.2, 0.25) is 0 Å². The van der Waals surface area contributed by atoms with Gasteiger partial charge >= 0.3 is 11.9 Å². The van der Waals surface area contributed by atoms with Gasteiger partial charge in [-0.1, -0.05) is 182 Å². The summed E-state index contributed by atoms with van der Waals surface area (Å²) in [6.45, 7) is 3.32. The number of hydrogen-bond donors (Lipinski definition) is 0. The fraction of sp³-hybridized carbons (Fsp3) is 0.345. The third-order valence-electron chi connectivity index (χ3n) is 12.1. The molecule has 372 valence electrons. The van der Waals surface area contributed by atoms with Gasteiger partial charge in [0.1, 0.15) is 62.0 Å². The number of benzene rings is 6. The van der Waals surface area contributed by atoms with Gasteiger partial charge in [0, 0.05) is 13.8 Å². The molecule has 71 heavy (non-hydrogen) atoms. The van der Waals surface area contributed by atoms with Crippen molar-refractivity contribution >= 4 is 11.9 Å². The topological polar surface area (TPSA) is 136 Å². The van der Waals surface area contributed by atoms with Crippen molar-refractivity contribution in [3.63, 3.8) is 0 Å². The monoisotopic (exact) mass is 966 g/mol. The van der Waals surface area contributed by atoms with E-state index in [-0.39, 0.29) is 52.9 Å². The quantitative estimate of drug-likeness (QED) is 0.0535. The summed E-state index contributed by atoms with van der Waals surface area (Å²) in [7, 11) is 0. The Bertz CT molecular complexity index is 2280. The van der Waals surface area contributed by atoms with Crippen molar-refractivity contribution in [3.05, 3.63) is 215 Å². The maximum absolute atomic E-state index is 12.5. The first-order valence-corrected chi connectivity index (χ1v) is 24.0. The normalized spacial score (nSPS) is 24.2. The lowest BCUT2D eigenvalue weighted by molar-refractivity contribution is -0.393. The molecule has 2 aliphatic rings. The van der Waals surface area contributed by atoms with Crippen LogP contribution in [-0.2, 0) is 101 Å². The summed E-state index contributed by atoms with van der Waals surface area (Å²) >= 11 is 0. The number of rotatable bonds is 24. The highest BCUT2D eigenvalue weighted by molar-refractivity contribution is 5.66. The first-order chi connectivity index (χ1) is 34.9. The van der Waals surface area contributed by atoms with Gasteiger partial charge in [0.25, 0.3) is 0 Å². The molecule has 13 heteroatoms. The van der Waals surface area contributed by atoms with Crippen LogP contribution in [0.4, 0.5) is 0 Å². The van der Waals surface area contributed by atoms with E-state index in [0.29, 0.717) is 0 Å². The van der Waals surface area contributed by atoms with Crippen LogP contribution in [0.5, 0.6) is 0 Å². The summed E-state index contributed by atoms with van der Waals surface area (Å²) in [5.41, 5.74) is 5.44. The van der Waals surface area contributed by atoms with Crippen molar-refractivity contribution in [2.45, 2.75) is 115 Å². The van der Waals surface area contributed by atoms with Crippen LogP contribution < -0.4 is 0 Å². The van der Waals surface area contributed by atoms with Crippen molar-refractivity contribution in [1.82, 2.24) is 0 Å². The van der Waals surface area contributed by atoms with E-state index in [1.165, 1.54) is 13.8 Å². The highest BCUT2D eigenvalue weighted by Crippen LogP contribution is 2.37. The van der Waals surface area contributed by atoms with Gasteiger partial charge in [0.15, 0.2) is 12.6 Å². The van der Waals surface area contributed by atoms with Crippen molar-refractivity contribution in [1.29, 1.82) is 0 Å². The predicted octanol–water partition coefficient (Wildman–Crippen LogP) is 9.09. The zero-order chi connectivity index (χ0) is 49.0. The number of hydrogen-bond acceptors (Lipinski definition) is 13. The van der Waals surface area contributed by atoms with Crippen LogP contribution in [0.1, 0.15) is 47.2 Å². The van der Waals surface area contributed by atoms with Crippen LogP contribution in [0, 0.1) is 0 Å². The lowest BCUT2D eigenvalue weighted by Crippen LogP contribution is -2.66. The number of carbonyl (C=O) groups is 2. The molecule has 0 aromatic heterocycles. The first-order valence-electron chi connectivity index (χ1n) is 24.0. The number of ether oxygens (including phenoxy) is 11. The van der Waals surface area contributed by atoms with Gasteiger partial charge in [-0.05, 0) is 33.4 Å². The largest absolute Gasteiger partial charge is 0.463 e. The molecule has 2 heterocycles. The summed E-state index contributed by atoms with van der Waals surface area (Å²) in [5.74, 6) is -1.01. The first kappa shape index (κ1) is 51.3. The van der Waals surface area contributed by atoms with E-state index < -0.39 is 73.4 Å². The Morgan fingerprint density at radius 3 is 0.803 bits per heavy atom. The van der Waals surface area contributed by atoms with Crippen LogP contribution in [0.25, 0.3) is 0 Å². The van der Waals surface area contributed by atoms with Gasteiger partial charge in [0.05, 0.1) is 39.6 Å². The standard InChI is InChI=1S/C58H62O13/c1-41(59)61-39-49-51(63-33-43-21-9-3-10-22-43)53(65-35-45-25-13-5-14-26-45)55(67-37-47-29-17-7-18-30-47)57(69-49)71-58-56(68-38-48-31-19-8-20-32-48)54(66-36-46-27-15-6-16-28-46)52(50(70-58)40-62-42(2)60)64-34-44-23-11-4-12-24-44/h3-32,49-58H,33-40H2,1-2H3/t49-,50-,51+,52+,53+,54+,55-,56-,57-,58+/m1/s1. The molecule has 2 fully saturated rings. The Balaban J connectivity index is 1.20. The van der Waals surface area contributed by atoms with Crippen molar-refractivity contribution in [3.8, 4) is 0 Å². The second kappa shape index (κ2) is 26.9. The molecule has 0 N–H and O–H groups in total. The second-order valence-corrected chi connectivity index (χ2v) is 17.4. The van der Waals surface area contributed by atoms with Crippen LogP contribution in [0.3, 0.4) is 0 Å². The Labute approximate surface area is 415 Å². The Morgan fingerprint density at radius 2 is 0.563 bits per heavy atom. The average Bonchev–Trinajstić information content (AvgIpc) is 3.40. The van der Waals surface area contributed by atoms with E-state index in [1.54, 1.807) is 0 Å². The molecule has 13 nitrogen and oxygen atoms in total. The molecule has 0 radical (unpaired) electrons. The predicted molar refractivity (Wildman–Crippen MR) is 262 cm³/mol. The second-order valence-electron chi connectivity index (χ2n) is 17.4. The third kappa shape index (κ3) is 15.4. The molecule has 2 aliphatic heterocycles. The van der Waals surface area contributed by atoms with Gasteiger partial charge < -0.3 is 52.1 Å². The van der Waals surface area contributed by atoms with E-state index in [4.69, 9.17) is 52.1 Å². The zero-order valence-electron chi connectivity index (χ0n) is 40.1. The lowest BCUT2D eigenvalue weighted by atomic mass is 9.96. The third-order valence-corrected chi connectivity index (χ3v) is 12.1. The fourth-order valence-corrected chi connectivity index (χ4v) is 8.51. The van der Waals surface area contributed by atoms with Crippen LogP contribution in [0.2, 0.25) is 0 Å². The van der Waals surface area contributed by atoms with E-state index in [9.17, 15) is 9.59 Å². The minimum absolute atomic E-state index is 0.146. The molecule has 0 saturated carbocycles. The molecule has 0 aliphatic carbocycles. The fourth-order valence-electron chi connectivity index (χ4n) is 8.51. The van der Waals surface area contributed by atoms with Crippen LogP contribution >= 0.6 is 0 Å². The number of esters is 2. The minimum Gasteiger partial charge on any atom is -0.463 e. The van der Waals surface area contributed by atoms with E-state index in [0.717, 1.165) is 33.4 Å². The SMILES string of the molecule is CC(=O)OC[C@H]1O[C@@H](O[C@H]2O[C@H](COC(C)=O)[C@H](OCc3ccccc3)[C@H](OCc3ccccc3)[C@H]2OCc2ccccc2)[C@H](OCc2ccccc2)[C@@H](OCc2ccccc2)[C@H]1OCc1ccccc1. The molecule has 2 saturated heterocycles. The highest BCUT2D eigenvalue weighted by atomic mass is 16.8. The van der Waals surface area contributed by atoms with Gasteiger partial charge in [-0.25, -0.2) is 0 Å². The smallest absolute Gasteiger partial charge is 0.302 e. The van der Waals surface area contributed by atoms with E-state index >= 15 is 0 Å². The van der Waals surface area contributed by atoms with Crippen LogP contribution in [0.15, 0.2) is 182 Å². The molecule has 8 rings (SSSR count). The van der Waals surface area contributed by atoms with Crippen molar-refractivity contribution < 1.29 is 61.7 Å². The Morgan fingerprint density at radius 1 is 0.338 bits per heavy atom. The zero-order valence-corrected chi connectivity index (χ0v) is 40.1. The molecule has 0 unspecified atom stereocenters. The summed E-state index contributed by atoms with van der Waals surface area (Å²) in [4.78, 5) is 25.1. The Hall–Kier alpha value is -6.10. The maximum atomic E-state index is 12.5. The van der Waals surface area contributed by atoms with Crippen molar-refractivity contribution in [2.24, 2.45) is 0 Å². The summed E-state index contributed by atoms with van der Waals surface area (Å²) in [5, 5.41) is 0. The molecule has 6 aromatic rings. The van der Waals surface area contributed by atoms with Crippen LogP contribution in [-0.4, -0.2) is 86.6 Å². The average molecular weight is 967 g/mol. The van der Waals surface area contributed by atoms with E-state index in [2.05, 4.69) is 0 Å². The molecule has 0 bridgehead atoms. The lowest BCUT2D eigenvalue weighted by Gasteiger charge is -2.49. The Kier molecular flexibility index (Phi) is 19.4.